The second kappa shape index (κ2) is 12.3. The van der Waals surface area contributed by atoms with E-state index in [0.29, 0.717) is 52.4 Å². The molecule has 2 heterocycles. The van der Waals surface area contributed by atoms with Gasteiger partial charge in [-0.2, -0.15) is 4.31 Å². The molecule has 1 aromatic carbocycles. The average molecular weight is 497 g/mol. The van der Waals surface area contributed by atoms with Crippen molar-refractivity contribution in [2.24, 2.45) is 0 Å². The molecule has 1 amide bonds. The van der Waals surface area contributed by atoms with Gasteiger partial charge in [-0.25, -0.2) is 13.9 Å². The summed E-state index contributed by atoms with van der Waals surface area (Å²) >= 11 is 0. The second-order valence-corrected chi connectivity index (χ2v) is 11.5. The van der Waals surface area contributed by atoms with Gasteiger partial charge in [0.2, 0.25) is 10.0 Å². The Balaban J connectivity index is 1.64. The monoisotopic (exact) mass is 496 g/mol. The van der Waals surface area contributed by atoms with E-state index < -0.39 is 20.7 Å². The zero-order valence-corrected chi connectivity index (χ0v) is 21.4. The molecule has 2 aliphatic rings. The van der Waals surface area contributed by atoms with E-state index >= 15 is 0 Å². The van der Waals surface area contributed by atoms with E-state index in [1.807, 2.05) is 0 Å². The molecular weight excluding hydrogens is 456 g/mol. The number of rotatable bonds is 11. The molecule has 10 heteroatoms. The van der Waals surface area contributed by atoms with Gasteiger partial charge in [-0.05, 0) is 43.4 Å². The number of hydroxylamine groups is 1. The highest BCUT2D eigenvalue weighted by molar-refractivity contribution is 7.91. The topological polar surface area (TPSA) is 102 Å². The minimum absolute atomic E-state index is 0.144. The third-order valence-electron chi connectivity index (χ3n) is 7.23. The Labute approximate surface area is 204 Å². The number of nitrogens with zero attached hydrogens (tertiary/aromatic N) is 3. The number of carbonyl (C=O) groups excluding carboxylic acids is 1. The van der Waals surface area contributed by atoms with Gasteiger partial charge in [0.25, 0.3) is 5.91 Å². The van der Waals surface area contributed by atoms with Gasteiger partial charge in [-0.15, -0.1) is 0 Å². The number of anilines is 1. The molecule has 0 bridgehead atoms. The standard InChI is InChI=1S/C24H40N4O5S/c1-3-4-5-6-21-7-9-22(10-8-21)27-15-17-28(18-16-27)34(31,32)24(23(29)25-30)11-13-26(14-12-24)19-20-33-2/h7-10,30H,3-6,11-20H2,1-2H3,(H,25,29). The molecule has 0 saturated carbocycles. The van der Waals surface area contributed by atoms with Gasteiger partial charge in [0.15, 0.2) is 4.75 Å². The van der Waals surface area contributed by atoms with Crippen LogP contribution in [0, 0.1) is 0 Å². The van der Waals surface area contributed by atoms with Gasteiger partial charge >= 0.3 is 0 Å². The molecule has 2 fully saturated rings. The number of carbonyl (C=O) groups is 1. The van der Waals surface area contributed by atoms with Crippen LogP contribution < -0.4 is 10.4 Å². The Morgan fingerprint density at radius 2 is 1.71 bits per heavy atom. The number of methoxy groups -OCH3 is 1. The maximum Gasteiger partial charge on any atom is 0.266 e. The van der Waals surface area contributed by atoms with E-state index in [9.17, 15) is 18.4 Å². The van der Waals surface area contributed by atoms with E-state index in [0.717, 1.165) is 12.1 Å². The molecule has 0 radical (unpaired) electrons. The normalized spacial score (nSPS) is 19.8. The first-order valence-electron chi connectivity index (χ1n) is 12.4. The molecule has 1 aromatic rings. The summed E-state index contributed by atoms with van der Waals surface area (Å²) in [6.45, 7) is 6.10. The lowest BCUT2D eigenvalue weighted by Gasteiger charge is -2.44. The highest BCUT2D eigenvalue weighted by Gasteiger charge is 2.55. The van der Waals surface area contributed by atoms with Crippen molar-refractivity contribution < 1.29 is 23.2 Å². The molecule has 0 unspecified atom stereocenters. The number of hydrogen-bond donors (Lipinski definition) is 2. The summed E-state index contributed by atoms with van der Waals surface area (Å²) in [5.41, 5.74) is 4.05. The molecule has 192 valence electrons. The van der Waals surface area contributed by atoms with Crippen molar-refractivity contribution in [1.29, 1.82) is 0 Å². The number of benzene rings is 1. The minimum atomic E-state index is -3.95. The SMILES string of the molecule is CCCCCc1ccc(N2CCN(S(=O)(=O)C3(C(=O)NO)CCN(CCOC)CC3)CC2)cc1. The molecule has 2 aliphatic heterocycles. The number of piperazine rings is 1. The first-order chi connectivity index (χ1) is 16.4. The van der Waals surface area contributed by atoms with Crippen molar-refractivity contribution >= 4 is 21.6 Å². The summed E-state index contributed by atoms with van der Waals surface area (Å²) < 4.78 is 32.3. The zero-order chi connectivity index (χ0) is 24.6. The maximum atomic E-state index is 13.7. The first-order valence-corrected chi connectivity index (χ1v) is 13.8. The van der Waals surface area contributed by atoms with Gasteiger partial charge in [-0.3, -0.25) is 10.0 Å². The predicted molar refractivity (Wildman–Crippen MR) is 133 cm³/mol. The molecule has 2 saturated heterocycles. The Bertz CT molecular complexity index is 877. The van der Waals surface area contributed by atoms with Crippen molar-refractivity contribution in [1.82, 2.24) is 14.7 Å². The van der Waals surface area contributed by atoms with Crippen LogP contribution in [-0.4, -0.2) is 93.0 Å². The van der Waals surface area contributed by atoms with Crippen molar-refractivity contribution in [3.63, 3.8) is 0 Å². The number of sulfonamides is 1. The van der Waals surface area contributed by atoms with E-state index in [-0.39, 0.29) is 12.8 Å². The summed E-state index contributed by atoms with van der Waals surface area (Å²) in [7, 11) is -2.33. The average Bonchev–Trinajstić information content (AvgIpc) is 2.88. The lowest BCUT2D eigenvalue weighted by Crippen LogP contribution is -2.63. The largest absolute Gasteiger partial charge is 0.383 e. The van der Waals surface area contributed by atoms with Gasteiger partial charge in [0, 0.05) is 58.6 Å². The Kier molecular flexibility index (Phi) is 9.73. The van der Waals surface area contributed by atoms with Crippen molar-refractivity contribution in [3.05, 3.63) is 29.8 Å². The number of amides is 1. The van der Waals surface area contributed by atoms with Crippen LogP contribution in [-0.2, 0) is 26.0 Å². The van der Waals surface area contributed by atoms with Gasteiger partial charge < -0.3 is 14.5 Å². The van der Waals surface area contributed by atoms with E-state index in [2.05, 4.69) is 41.0 Å². The van der Waals surface area contributed by atoms with Crippen LogP contribution in [0.25, 0.3) is 0 Å². The quantitative estimate of drug-likeness (QED) is 0.274. The highest BCUT2D eigenvalue weighted by atomic mass is 32.2. The molecule has 0 spiro atoms. The van der Waals surface area contributed by atoms with Gasteiger partial charge in [-0.1, -0.05) is 31.9 Å². The summed E-state index contributed by atoms with van der Waals surface area (Å²) in [5, 5.41) is 9.38. The number of likely N-dealkylation sites (tertiary alicyclic amines) is 1. The van der Waals surface area contributed by atoms with Crippen molar-refractivity contribution in [3.8, 4) is 0 Å². The number of aryl methyl sites for hydroxylation is 1. The van der Waals surface area contributed by atoms with E-state index in [1.54, 1.807) is 12.6 Å². The molecule has 2 N–H and O–H groups in total. The van der Waals surface area contributed by atoms with Crippen LogP contribution in [0.4, 0.5) is 5.69 Å². The van der Waals surface area contributed by atoms with Crippen LogP contribution in [0.5, 0.6) is 0 Å². The van der Waals surface area contributed by atoms with Crippen molar-refractivity contribution in [2.75, 3.05) is 64.4 Å². The van der Waals surface area contributed by atoms with Crippen LogP contribution in [0.3, 0.4) is 0 Å². The Morgan fingerprint density at radius 1 is 1.06 bits per heavy atom. The Morgan fingerprint density at radius 3 is 2.26 bits per heavy atom. The third kappa shape index (κ3) is 5.91. The second-order valence-electron chi connectivity index (χ2n) is 9.28. The van der Waals surface area contributed by atoms with Gasteiger partial charge in [0.05, 0.1) is 6.61 Å². The molecule has 0 aliphatic carbocycles. The lowest BCUT2D eigenvalue weighted by molar-refractivity contribution is -0.133. The summed E-state index contributed by atoms with van der Waals surface area (Å²) in [4.78, 5) is 17.0. The van der Waals surface area contributed by atoms with Crippen LogP contribution in [0.1, 0.15) is 44.6 Å². The van der Waals surface area contributed by atoms with Crippen LogP contribution in [0.15, 0.2) is 24.3 Å². The molecule has 0 aromatic heterocycles. The zero-order valence-electron chi connectivity index (χ0n) is 20.5. The Hall–Kier alpha value is -1.72. The number of ether oxygens (including phenoxy) is 1. The van der Waals surface area contributed by atoms with E-state index in [1.165, 1.54) is 29.1 Å². The fourth-order valence-electron chi connectivity index (χ4n) is 4.95. The lowest BCUT2D eigenvalue weighted by atomic mass is 9.95. The third-order valence-corrected chi connectivity index (χ3v) is 9.86. The van der Waals surface area contributed by atoms with Crippen LogP contribution >= 0.6 is 0 Å². The number of hydrogen-bond acceptors (Lipinski definition) is 7. The summed E-state index contributed by atoms with van der Waals surface area (Å²) in [6.07, 6.45) is 5.01. The molecule has 34 heavy (non-hydrogen) atoms. The smallest absolute Gasteiger partial charge is 0.266 e. The summed E-state index contributed by atoms with van der Waals surface area (Å²) in [5.74, 6) is -0.833. The molecular formula is C24H40N4O5S. The predicted octanol–water partition coefficient (Wildman–Crippen LogP) is 1.86. The fourth-order valence-corrected chi connectivity index (χ4v) is 7.07. The number of nitrogens with one attached hydrogen (secondary N) is 1. The number of unbranched alkanes of at least 4 members (excludes halogenated alkanes) is 2. The van der Waals surface area contributed by atoms with Crippen LogP contribution in [0.2, 0.25) is 0 Å². The first kappa shape index (κ1) is 26.9. The number of piperidine rings is 1. The molecule has 9 nitrogen and oxygen atoms in total. The maximum absolute atomic E-state index is 13.7. The van der Waals surface area contributed by atoms with Gasteiger partial charge in [0.1, 0.15) is 0 Å². The van der Waals surface area contributed by atoms with Crippen molar-refractivity contribution in [2.45, 2.75) is 50.2 Å². The minimum Gasteiger partial charge on any atom is -0.383 e. The van der Waals surface area contributed by atoms with E-state index in [4.69, 9.17) is 4.74 Å². The fraction of sp³-hybridized carbons (Fsp3) is 0.708. The summed E-state index contributed by atoms with van der Waals surface area (Å²) in [6, 6.07) is 8.54. The highest BCUT2D eigenvalue weighted by Crippen LogP contribution is 2.34. The molecule has 3 rings (SSSR count). The molecule has 0 atom stereocenters.